The molecule has 0 fully saturated rings. The van der Waals surface area contributed by atoms with E-state index in [0.29, 0.717) is 27.4 Å². The molecule has 0 radical (unpaired) electrons. The Morgan fingerprint density at radius 2 is 1.87 bits per heavy atom. The smallest absolute Gasteiger partial charge is 0.334 e. The first-order chi connectivity index (χ1) is 14.2. The molecule has 0 aliphatic rings. The fourth-order valence-corrected chi connectivity index (χ4v) is 4.47. The molecule has 156 valence electrons. The molecule has 0 aliphatic heterocycles. The third-order valence-corrected chi connectivity index (χ3v) is 6.12. The third kappa shape index (κ3) is 4.05. The predicted octanol–water partition coefficient (Wildman–Crippen LogP) is 4.23. The summed E-state index contributed by atoms with van der Waals surface area (Å²) in [5.74, 6) is 7.02. The summed E-state index contributed by atoms with van der Waals surface area (Å²) in [7, 11) is 0. The summed E-state index contributed by atoms with van der Waals surface area (Å²) in [6.07, 6.45) is -4.35. The van der Waals surface area contributed by atoms with Crippen LogP contribution in [0.4, 0.5) is 13.2 Å². The summed E-state index contributed by atoms with van der Waals surface area (Å²) in [6, 6.07) is 6.89. The van der Waals surface area contributed by atoms with Crippen LogP contribution < -0.4 is 5.84 Å². The lowest BCUT2D eigenvalue weighted by atomic mass is 10.1. The van der Waals surface area contributed by atoms with E-state index in [1.54, 1.807) is 4.68 Å². The summed E-state index contributed by atoms with van der Waals surface area (Å²) in [5.41, 5.74) is 2.47. The second-order valence-corrected chi connectivity index (χ2v) is 8.30. The molecule has 1 aromatic carbocycles. The number of rotatable bonds is 5. The van der Waals surface area contributed by atoms with Crippen molar-refractivity contribution in [3.8, 4) is 16.5 Å². The monoisotopic (exact) mass is 451 g/mol. The number of hydrogen-bond acceptors (Lipinski definition) is 7. The van der Waals surface area contributed by atoms with Crippen LogP contribution in [0.15, 0.2) is 40.9 Å². The van der Waals surface area contributed by atoms with Crippen LogP contribution >= 0.6 is 23.1 Å². The summed E-state index contributed by atoms with van der Waals surface area (Å²) >= 11 is 2.73. The van der Waals surface area contributed by atoms with Crippen molar-refractivity contribution in [1.29, 1.82) is 0 Å². The first kappa shape index (κ1) is 20.4. The average Bonchev–Trinajstić information content (AvgIpc) is 3.38. The van der Waals surface area contributed by atoms with E-state index in [9.17, 15) is 13.2 Å². The molecule has 12 heteroatoms. The molecule has 0 bridgehead atoms. The summed E-state index contributed by atoms with van der Waals surface area (Å²) < 4.78 is 41.1. The lowest BCUT2D eigenvalue weighted by Crippen LogP contribution is -2.17. The van der Waals surface area contributed by atoms with Crippen LogP contribution in [0, 0.1) is 13.8 Å². The van der Waals surface area contributed by atoms with Gasteiger partial charge in [0.2, 0.25) is 5.16 Å². The summed E-state index contributed by atoms with van der Waals surface area (Å²) in [5, 5.41) is 15.6. The van der Waals surface area contributed by atoms with Gasteiger partial charge in [-0.3, -0.25) is 0 Å². The van der Waals surface area contributed by atoms with Crippen molar-refractivity contribution in [3.63, 3.8) is 0 Å². The van der Waals surface area contributed by atoms with Crippen LogP contribution in [-0.4, -0.2) is 29.6 Å². The van der Waals surface area contributed by atoms with E-state index in [2.05, 4.69) is 20.3 Å². The number of thiazole rings is 1. The first-order valence-corrected chi connectivity index (χ1v) is 10.6. The van der Waals surface area contributed by atoms with Crippen molar-refractivity contribution in [2.24, 2.45) is 0 Å². The zero-order chi connectivity index (χ0) is 21.5. The van der Waals surface area contributed by atoms with Gasteiger partial charge < -0.3 is 5.84 Å². The van der Waals surface area contributed by atoms with Crippen molar-refractivity contribution in [3.05, 3.63) is 58.4 Å². The zero-order valence-corrected chi connectivity index (χ0v) is 17.5. The van der Waals surface area contributed by atoms with E-state index in [4.69, 9.17) is 5.84 Å². The molecule has 0 unspecified atom stereocenters. The standard InChI is InChI=1S/C18H16F3N7S2/c1-10-7-11(2)28(26-10)16-24-25-17(27(16)22)30-9-14-8-29-15(23-14)12-3-5-13(6-4-12)18(19,20)21/h3-8H,9,22H2,1-2H3. The van der Waals surface area contributed by atoms with Gasteiger partial charge in [-0.05, 0) is 32.0 Å². The van der Waals surface area contributed by atoms with Gasteiger partial charge in [-0.1, -0.05) is 23.9 Å². The van der Waals surface area contributed by atoms with Crippen LogP contribution in [0.25, 0.3) is 16.5 Å². The predicted molar refractivity (Wildman–Crippen MR) is 109 cm³/mol. The second kappa shape index (κ2) is 7.76. The molecule has 0 aliphatic carbocycles. The van der Waals surface area contributed by atoms with Crippen LogP contribution in [-0.2, 0) is 11.9 Å². The van der Waals surface area contributed by atoms with Crippen LogP contribution in [0.2, 0.25) is 0 Å². The van der Waals surface area contributed by atoms with Gasteiger partial charge >= 0.3 is 6.18 Å². The zero-order valence-electron chi connectivity index (χ0n) is 15.9. The molecular weight excluding hydrogens is 435 g/mol. The number of nitrogens with two attached hydrogens (primary N) is 1. The van der Waals surface area contributed by atoms with Gasteiger partial charge in [-0.2, -0.15) is 18.3 Å². The van der Waals surface area contributed by atoms with Crippen LogP contribution in [0.3, 0.4) is 0 Å². The fourth-order valence-electron chi connectivity index (χ4n) is 2.79. The number of halogens is 3. The Morgan fingerprint density at radius 1 is 1.13 bits per heavy atom. The van der Waals surface area contributed by atoms with Crippen molar-refractivity contribution in [2.45, 2.75) is 30.9 Å². The van der Waals surface area contributed by atoms with Gasteiger partial charge in [0.15, 0.2) is 0 Å². The minimum absolute atomic E-state index is 0.409. The topological polar surface area (TPSA) is 87.4 Å². The molecular formula is C18H16F3N7S2. The van der Waals surface area contributed by atoms with Crippen molar-refractivity contribution >= 4 is 23.1 Å². The fraction of sp³-hybridized carbons (Fsp3) is 0.222. The molecule has 4 aromatic rings. The quantitative estimate of drug-likeness (QED) is 0.361. The van der Waals surface area contributed by atoms with Crippen LogP contribution in [0.5, 0.6) is 0 Å². The number of alkyl halides is 3. The second-order valence-electron chi connectivity index (χ2n) is 6.50. The molecule has 0 saturated heterocycles. The van der Waals surface area contributed by atoms with Gasteiger partial charge in [0.1, 0.15) is 5.01 Å². The molecule has 2 N–H and O–H groups in total. The third-order valence-electron chi connectivity index (χ3n) is 4.21. The highest BCUT2D eigenvalue weighted by Gasteiger charge is 2.30. The lowest BCUT2D eigenvalue weighted by Gasteiger charge is -2.06. The van der Waals surface area contributed by atoms with Gasteiger partial charge in [-0.25, -0.2) is 14.3 Å². The summed E-state index contributed by atoms with van der Waals surface area (Å²) in [6.45, 7) is 3.78. The SMILES string of the molecule is Cc1cc(C)n(-c2nnc(SCc3csc(-c4ccc(C(F)(F)F)cc4)n3)n2N)n1. The molecule has 4 rings (SSSR count). The minimum atomic E-state index is -4.35. The Balaban J connectivity index is 1.46. The van der Waals surface area contributed by atoms with Crippen molar-refractivity contribution < 1.29 is 13.2 Å². The van der Waals surface area contributed by atoms with Crippen molar-refractivity contribution in [1.82, 2.24) is 29.6 Å². The number of nitrogens with zero attached hydrogens (tertiary/aromatic N) is 6. The highest BCUT2D eigenvalue weighted by atomic mass is 32.2. The molecule has 0 atom stereocenters. The number of hydrogen-bond donors (Lipinski definition) is 1. The van der Waals surface area contributed by atoms with Gasteiger partial charge in [-0.15, -0.1) is 21.5 Å². The Kier molecular flexibility index (Phi) is 5.28. The van der Waals surface area contributed by atoms with E-state index in [0.717, 1.165) is 29.2 Å². The molecule has 0 saturated carbocycles. The number of thioether (sulfide) groups is 1. The van der Waals surface area contributed by atoms with Gasteiger partial charge in [0, 0.05) is 22.4 Å². The lowest BCUT2D eigenvalue weighted by molar-refractivity contribution is -0.137. The van der Waals surface area contributed by atoms with Gasteiger partial charge in [0.25, 0.3) is 5.95 Å². The average molecular weight is 452 g/mol. The number of aromatic nitrogens is 6. The van der Waals surface area contributed by atoms with E-state index < -0.39 is 11.7 Å². The maximum absolute atomic E-state index is 12.7. The van der Waals surface area contributed by atoms with Crippen LogP contribution in [0.1, 0.15) is 22.6 Å². The molecule has 3 aromatic heterocycles. The minimum Gasteiger partial charge on any atom is -0.334 e. The van der Waals surface area contributed by atoms with E-state index in [1.807, 2.05) is 25.3 Å². The number of nitrogen functional groups attached to an aromatic ring is 1. The molecule has 3 heterocycles. The van der Waals surface area contributed by atoms with Crippen molar-refractivity contribution in [2.75, 3.05) is 5.84 Å². The van der Waals surface area contributed by atoms with E-state index >= 15 is 0 Å². The molecule has 7 nitrogen and oxygen atoms in total. The Labute approximate surface area is 177 Å². The Hall–Kier alpha value is -2.86. The number of benzene rings is 1. The largest absolute Gasteiger partial charge is 0.416 e. The van der Waals surface area contributed by atoms with E-state index in [1.165, 1.54) is 39.9 Å². The highest BCUT2D eigenvalue weighted by Crippen LogP contribution is 2.32. The Bertz CT molecular complexity index is 1180. The molecule has 0 spiro atoms. The van der Waals surface area contributed by atoms with E-state index in [-0.39, 0.29) is 0 Å². The number of aryl methyl sites for hydroxylation is 2. The Morgan fingerprint density at radius 3 is 2.50 bits per heavy atom. The summed E-state index contributed by atoms with van der Waals surface area (Å²) in [4.78, 5) is 4.50. The normalized spacial score (nSPS) is 11.9. The maximum Gasteiger partial charge on any atom is 0.416 e. The highest BCUT2D eigenvalue weighted by molar-refractivity contribution is 7.98. The molecule has 30 heavy (non-hydrogen) atoms. The maximum atomic E-state index is 12.7. The molecule has 0 amide bonds. The van der Waals surface area contributed by atoms with Gasteiger partial charge in [0.05, 0.1) is 17.0 Å². The first-order valence-electron chi connectivity index (χ1n) is 8.71.